The maximum Gasteiger partial charge on any atom is 0.405 e. The van der Waals surface area contributed by atoms with Crippen LogP contribution < -0.4 is 5.32 Å². The smallest absolute Gasteiger partial charge is 0.378 e. The van der Waals surface area contributed by atoms with Gasteiger partial charge in [0, 0.05) is 19.1 Å². The Balaban J connectivity index is 2.13. The molecule has 2 unspecified atom stereocenters. The predicted molar refractivity (Wildman–Crippen MR) is 48.6 cm³/mol. The summed E-state index contributed by atoms with van der Waals surface area (Å²) < 4.78 is 43.5. The Morgan fingerprint density at radius 2 is 2.13 bits per heavy atom. The highest BCUT2D eigenvalue weighted by atomic mass is 19.4. The van der Waals surface area contributed by atoms with E-state index in [1.807, 2.05) is 0 Å². The molecule has 0 aromatic heterocycles. The average Bonchev–Trinajstić information content (AvgIpc) is 2.38. The minimum atomic E-state index is -4.15. The average molecular weight is 224 g/mol. The zero-order valence-electron chi connectivity index (χ0n) is 8.39. The van der Waals surface area contributed by atoms with Crippen molar-refractivity contribution < 1.29 is 17.9 Å². The van der Waals surface area contributed by atoms with Crippen LogP contribution in [0.5, 0.6) is 0 Å². The van der Waals surface area contributed by atoms with Crippen molar-refractivity contribution in [1.29, 1.82) is 0 Å². The number of nitrogens with one attached hydrogen (secondary N) is 1. The van der Waals surface area contributed by atoms with Crippen LogP contribution >= 0.6 is 0 Å². The first-order valence-corrected chi connectivity index (χ1v) is 5.20. The number of fused-ring (bicyclic) bond motifs is 1. The van der Waals surface area contributed by atoms with Gasteiger partial charge in [-0.2, -0.15) is 13.2 Å². The van der Waals surface area contributed by atoms with Crippen LogP contribution in [-0.4, -0.2) is 56.0 Å². The van der Waals surface area contributed by atoms with Crippen LogP contribution in [-0.2, 0) is 4.74 Å². The van der Waals surface area contributed by atoms with Gasteiger partial charge < -0.3 is 10.1 Å². The lowest BCUT2D eigenvalue weighted by molar-refractivity contribution is -0.197. The molecule has 0 spiro atoms. The highest BCUT2D eigenvalue weighted by molar-refractivity contribution is 4.90. The number of alkyl halides is 3. The van der Waals surface area contributed by atoms with Crippen LogP contribution in [0.25, 0.3) is 0 Å². The second kappa shape index (κ2) is 4.27. The van der Waals surface area contributed by atoms with Crippen molar-refractivity contribution >= 4 is 0 Å². The minimum Gasteiger partial charge on any atom is -0.378 e. The van der Waals surface area contributed by atoms with Crippen molar-refractivity contribution in [2.75, 3.05) is 32.8 Å². The number of rotatable bonds is 0. The molecule has 0 amide bonds. The summed E-state index contributed by atoms with van der Waals surface area (Å²) in [6, 6.07) is -1.44. The number of morpholine rings is 1. The monoisotopic (exact) mass is 224 g/mol. The van der Waals surface area contributed by atoms with Crippen LogP contribution in [0, 0.1) is 0 Å². The van der Waals surface area contributed by atoms with Crippen LogP contribution in [0.15, 0.2) is 0 Å². The summed E-state index contributed by atoms with van der Waals surface area (Å²) in [5.74, 6) is 0. The molecule has 88 valence electrons. The summed E-state index contributed by atoms with van der Waals surface area (Å²) in [5, 5.41) is 2.84. The Bertz CT molecular complexity index is 222. The molecular weight excluding hydrogens is 209 g/mol. The highest BCUT2D eigenvalue weighted by Crippen LogP contribution is 2.29. The van der Waals surface area contributed by atoms with Gasteiger partial charge in [0.2, 0.25) is 0 Å². The molecule has 2 saturated heterocycles. The van der Waals surface area contributed by atoms with Gasteiger partial charge in [0.15, 0.2) is 0 Å². The quantitative estimate of drug-likeness (QED) is 0.652. The molecule has 2 atom stereocenters. The molecule has 6 heteroatoms. The van der Waals surface area contributed by atoms with Gasteiger partial charge in [0.1, 0.15) is 6.04 Å². The van der Waals surface area contributed by atoms with Crippen LogP contribution in [0.2, 0.25) is 0 Å². The number of nitrogens with zero attached hydrogens (tertiary/aromatic N) is 1. The molecule has 0 radical (unpaired) electrons. The Labute approximate surface area is 86.6 Å². The van der Waals surface area contributed by atoms with Gasteiger partial charge in [0.05, 0.1) is 13.2 Å². The Morgan fingerprint density at radius 3 is 2.87 bits per heavy atom. The first kappa shape index (κ1) is 11.2. The van der Waals surface area contributed by atoms with E-state index in [0.717, 1.165) is 6.42 Å². The van der Waals surface area contributed by atoms with Gasteiger partial charge in [-0.05, 0) is 13.0 Å². The first-order chi connectivity index (χ1) is 7.09. The minimum absolute atomic E-state index is 0. The summed E-state index contributed by atoms with van der Waals surface area (Å²) in [6.07, 6.45) is -3.42. The molecule has 2 fully saturated rings. The fraction of sp³-hybridized carbons (Fsp3) is 1.00. The third-order valence-electron chi connectivity index (χ3n) is 3.04. The SMILES string of the molecule is FC(F)(F)C1CNCCC2COCCN21. The lowest BCUT2D eigenvalue weighted by Gasteiger charge is -2.39. The van der Waals surface area contributed by atoms with Gasteiger partial charge in [-0.25, -0.2) is 0 Å². The van der Waals surface area contributed by atoms with Crippen molar-refractivity contribution in [2.24, 2.45) is 0 Å². The Kier molecular flexibility index (Phi) is 3.18. The number of hydrogen-bond donors (Lipinski definition) is 1. The molecule has 0 aromatic carbocycles. The standard InChI is InChI=1S/C9H15F3N2O/c10-9(11,12)8-5-13-2-1-7-6-15-4-3-14(7)8/h7-8,13H,1-6H2. The van der Waals surface area contributed by atoms with Gasteiger partial charge >= 0.3 is 6.18 Å². The van der Waals surface area contributed by atoms with Crippen LogP contribution in [0.4, 0.5) is 13.2 Å². The molecule has 3 nitrogen and oxygen atoms in total. The lowest BCUT2D eigenvalue weighted by Crippen LogP contribution is -2.56. The normalized spacial score (nSPS) is 34.6. The predicted octanol–water partition coefficient (Wildman–Crippen LogP) is 0.611. The second-order valence-electron chi connectivity index (χ2n) is 4.02. The molecule has 2 aliphatic rings. The third-order valence-corrected chi connectivity index (χ3v) is 3.04. The van der Waals surface area contributed by atoms with Crippen LogP contribution in [0.1, 0.15) is 6.42 Å². The summed E-state index contributed by atoms with van der Waals surface area (Å²) in [7, 11) is 0. The maximum absolute atomic E-state index is 12.8. The van der Waals surface area contributed by atoms with Gasteiger partial charge in [-0.15, -0.1) is 0 Å². The van der Waals surface area contributed by atoms with E-state index in [-0.39, 0.29) is 12.6 Å². The van der Waals surface area contributed by atoms with E-state index in [9.17, 15) is 13.2 Å². The van der Waals surface area contributed by atoms with E-state index >= 15 is 0 Å². The van der Waals surface area contributed by atoms with Crippen LogP contribution in [0.3, 0.4) is 0 Å². The molecule has 0 bridgehead atoms. The lowest BCUT2D eigenvalue weighted by atomic mass is 10.1. The summed E-state index contributed by atoms with van der Waals surface area (Å²) in [4.78, 5) is 1.55. The maximum atomic E-state index is 12.8. The molecule has 0 aromatic rings. The molecule has 1 N–H and O–H groups in total. The summed E-state index contributed by atoms with van der Waals surface area (Å²) in [5.41, 5.74) is 0. The van der Waals surface area contributed by atoms with Crippen molar-refractivity contribution in [3.05, 3.63) is 0 Å². The molecule has 0 saturated carbocycles. The van der Waals surface area contributed by atoms with Gasteiger partial charge in [0.25, 0.3) is 0 Å². The van der Waals surface area contributed by atoms with E-state index in [4.69, 9.17) is 4.74 Å². The fourth-order valence-electron chi connectivity index (χ4n) is 2.26. The third kappa shape index (κ3) is 2.43. The van der Waals surface area contributed by atoms with E-state index in [2.05, 4.69) is 5.32 Å². The molecule has 15 heavy (non-hydrogen) atoms. The summed E-state index contributed by atoms with van der Waals surface area (Å²) in [6.45, 7) is 1.85. The van der Waals surface area contributed by atoms with Crippen molar-refractivity contribution in [2.45, 2.75) is 24.7 Å². The van der Waals surface area contributed by atoms with E-state index < -0.39 is 12.2 Å². The number of hydrogen-bond acceptors (Lipinski definition) is 3. The first-order valence-electron chi connectivity index (χ1n) is 5.20. The van der Waals surface area contributed by atoms with Crippen molar-refractivity contribution in [3.8, 4) is 0 Å². The van der Waals surface area contributed by atoms with E-state index in [0.29, 0.717) is 26.3 Å². The molecule has 2 heterocycles. The van der Waals surface area contributed by atoms with Crippen molar-refractivity contribution in [1.82, 2.24) is 10.2 Å². The second-order valence-corrected chi connectivity index (χ2v) is 4.02. The largest absolute Gasteiger partial charge is 0.405 e. The summed E-state index contributed by atoms with van der Waals surface area (Å²) >= 11 is 0. The molecule has 2 rings (SSSR count). The molecular formula is C9H15F3N2O. The zero-order chi connectivity index (χ0) is 10.9. The van der Waals surface area contributed by atoms with Crippen molar-refractivity contribution in [3.63, 3.8) is 0 Å². The van der Waals surface area contributed by atoms with E-state index in [1.54, 1.807) is 4.90 Å². The molecule has 0 aliphatic carbocycles. The fourth-order valence-corrected chi connectivity index (χ4v) is 2.26. The van der Waals surface area contributed by atoms with E-state index in [1.165, 1.54) is 0 Å². The highest BCUT2D eigenvalue weighted by Gasteiger charge is 2.46. The Morgan fingerprint density at radius 1 is 1.33 bits per heavy atom. The molecule has 2 aliphatic heterocycles. The topological polar surface area (TPSA) is 24.5 Å². The van der Waals surface area contributed by atoms with Gasteiger partial charge in [-0.3, -0.25) is 4.90 Å². The van der Waals surface area contributed by atoms with Gasteiger partial charge in [-0.1, -0.05) is 0 Å². The number of halogens is 3. The Hall–Kier alpha value is -0.330. The number of ether oxygens (including phenoxy) is 1. The zero-order valence-corrected chi connectivity index (χ0v) is 8.39.